The van der Waals surface area contributed by atoms with Gasteiger partial charge < -0.3 is 43.4 Å². The summed E-state index contributed by atoms with van der Waals surface area (Å²) in [6, 6.07) is -5.62. The van der Waals surface area contributed by atoms with Crippen LogP contribution in [0, 0.1) is 5.92 Å². The van der Waals surface area contributed by atoms with Gasteiger partial charge in [0, 0.05) is 12.8 Å². The second-order valence-corrected chi connectivity index (χ2v) is 8.37. The lowest BCUT2D eigenvalue weighted by Gasteiger charge is -2.25. The zero-order chi connectivity index (χ0) is 27.3. The zero-order valence-corrected chi connectivity index (χ0v) is 19.6. The minimum atomic E-state index is -1.81. The van der Waals surface area contributed by atoms with Crippen molar-refractivity contribution in [1.29, 1.82) is 0 Å². The van der Waals surface area contributed by atoms with Gasteiger partial charge in [-0.1, -0.05) is 13.8 Å². The normalized spacial score (nSPS) is 14.2. The Bertz CT molecular complexity index is 817. The van der Waals surface area contributed by atoms with E-state index < -0.39 is 72.1 Å². The fourth-order valence-electron chi connectivity index (χ4n) is 2.92. The molecule has 4 unspecified atom stereocenters. The van der Waals surface area contributed by atoms with Crippen molar-refractivity contribution in [3.8, 4) is 0 Å². The molecule has 0 bridgehead atoms. The quantitative estimate of drug-likeness (QED) is 0.0991. The molecule has 0 aliphatic heterocycles. The van der Waals surface area contributed by atoms with Crippen molar-refractivity contribution >= 4 is 41.5 Å². The van der Waals surface area contributed by atoms with Gasteiger partial charge in [-0.15, -0.1) is 0 Å². The molecule has 0 radical (unpaired) electrons. The number of carboxylic acids is 2. The Morgan fingerprint density at radius 2 is 1.11 bits per heavy atom. The van der Waals surface area contributed by atoms with Crippen LogP contribution in [0.4, 0.5) is 0 Å². The maximum Gasteiger partial charge on any atom is 0.326 e. The average Bonchev–Trinajstić information content (AvgIpc) is 2.71. The van der Waals surface area contributed by atoms with Gasteiger partial charge in [-0.25, -0.2) is 4.79 Å². The first kappa shape index (κ1) is 31.2. The maximum absolute atomic E-state index is 12.9. The minimum absolute atomic E-state index is 0.0727. The Morgan fingerprint density at radius 3 is 1.46 bits per heavy atom. The number of hydrogen-bond acceptors (Lipinski definition) is 8. The number of rotatable bonds is 17. The number of aliphatic carboxylic acids is 2. The highest BCUT2D eigenvalue weighted by Crippen LogP contribution is 2.07. The van der Waals surface area contributed by atoms with Gasteiger partial charge in [0.05, 0.1) is 12.5 Å². The molecule has 11 N–H and O–H groups in total. The first-order valence-corrected chi connectivity index (χ1v) is 10.8. The van der Waals surface area contributed by atoms with Crippen LogP contribution in [0.1, 0.15) is 52.4 Å². The Hall–Kier alpha value is -3.75. The molecule has 0 rings (SSSR count). The molecule has 0 fully saturated rings. The highest BCUT2D eigenvalue weighted by Gasteiger charge is 2.31. The monoisotopic (exact) mass is 502 g/mol. The van der Waals surface area contributed by atoms with Crippen LogP contribution in [-0.2, 0) is 33.6 Å². The van der Waals surface area contributed by atoms with E-state index in [9.17, 15) is 33.6 Å². The van der Waals surface area contributed by atoms with Crippen LogP contribution in [0.5, 0.6) is 0 Å². The smallest absolute Gasteiger partial charge is 0.326 e. The molecule has 35 heavy (non-hydrogen) atoms. The molecule has 0 aromatic rings. The predicted octanol–water partition coefficient (Wildman–Crippen LogP) is -3.10. The highest BCUT2D eigenvalue weighted by molar-refractivity contribution is 5.95. The molecule has 15 nitrogen and oxygen atoms in total. The van der Waals surface area contributed by atoms with E-state index in [0.29, 0.717) is 6.42 Å². The summed E-state index contributed by atoms with van der Waals surface area (Å²) in [4.78, 5) is 82.4. The van der Waals surface area contributed by atoms with E-state index in [2.05, 4.69) is 10.6 Å². The van der Waals surface area contributed by atoms with E-state index >= 15 is 0 Å². The van der Waals surface area contributed by atoms with Crippen LogP contribution in [0.3, 0.4) is 0 Å². The minimum Gasteiger partial charge on any atom is -0.481 e. The zero-order valence-electron chi connectivity index (χ0n) is 19.6. The van der Waals surface area contributed by atoms with E-state index in [1.807, 2.05) is 19.2 Å². The summed E-state index contributed by atoms with van der Waals surface area (Å²) in [7, 11) is 0. The molecule has 0 aliphatic rings. The summed E-state index contributed by atoms with van der Waals surface area (Å²) in [5.41, 5.74) is 16.0. The summed E-state index contributed by atoms with van der Waals surface area (Å²) in [6.07, 6.45) is -1.90. The maximum atomic E-state index is 12.9. The number of primary amides is 2. The molecule has 0 heterocycles. The standard InChI is InChI=1S/C20H34N6O9/c1-9(2)7-10(21)17(31)24-11(3-5-14(22)27)18(32)25-12(4-6-15(23)28)19(33)26-13(20(34)35)8-16(29)30/h9-13H,3-8,21H2,1-2H3,(H2,22,27)(H2,23,28)(H,24,31)(H,25,32)(H,26,33)(H,29,30)(H,34,35). The molecule has 0 aromatic heterocycles. The summed E-state index contributed by atoms with van der Waals surface area (Å²) >= 11 is 0. The Kier molecular flexibility index (Phi) is 13.6. The van der Waals surface area contributed by atoms with Crippen molar-refractivity contribution in [2.45, 2.75) is 76.5 Å². The van der Waals surface area contributed by atoms with Crippen molar-refractivity contribution in [3.05, 3.63) is 0 Å². The van der Waals surface area contributed by atoms with Gasteiger partial charge in [-0.2, -0.15) is 0 Å². The molecule has 5 amide bonds. The van der Waals surface area contributed by atoms with Crippen LogP contribution >= 0.6 is 0 Å². The number of carbonyl (C=O) groups excluding carboxylic acids is 5. The topological polar surface area (TPSA) is 274 Å². The van der Waals surface area contributed by atoms with Gasteiger partial charge in [0.2, 0.25) is 29.5 Å². The lowest BCUT2D eigenvalue weighted by atomic mass is 10.0. The molecule has 198 valence electrons. The third kappa shape index (κ3) is 13.5. The summed E-state index contributed by atoms with van der Waals surface area (Å²) < 4.78 is 0. The van der Waals surface area contributed by atoms with Gasteiger partial charge in [0.25, 0.3) is 0 Å². The third-order valence-corrected chi connectivity index (χ3v) is 4.68. The number of hydrogen-bond donors (Lipinski definition) is 8. The molecule has 15 heteroatoms. The number of carboxylic acid groups (broad SMARTS) is 2. The molecule has 0 aromatic carbocycles. The van der Waals surface area contributed by atoms with E-state index in [-0.39, 0.29) is 31.6 Å². The highest BCUT2D eigenvalue weighted by atomic mass is 16.4. The second-order valence-electron chi connectivity index (χ2n) is 8.37. The predicted molar refractivity (Wildman–Crippen MR) is 120 cm³/mol. The van der Waals surface area contributed by atoms with Crippen LogP contribution < -0.4 is 33.2 Å². The van der Waals surface area contributed by atoms with E-state index in [1.54, 1.807) is 0 Å². The van der Waals surface area contributed by atoms with Crippen molar-refractivity contribution in [1.82, 2.24) is 16.0 Å². The number of carbonyl (C=O) groups is 7. The molecular weight excluding hydrogens is 468 g/mol. The Morgan fingerprint density at radius 1 is 0.714 bits per heavy atom. The van der Waals surface area contributed by atoms with Gasteiger partial charge in [0.1, 0.15) is 18.1 Å². The van der Waals surface area contributed by atoms with Gasteiger partial charge in [0.15, 0.2) is 0 Å². The third-order valence-electron chi connectivity index (χ3n) is 4.68. The molecule has 0 saturated carbocycles. The molecule has 0 aliphatic carbocycles. The van der Waals surface area contributed by atoms with E-state index in [4.69, 9.17) is 27.4 Å². The van der Waals surface area contributed by atoms with Crippen molar-refractivity contribution < 1.29 is 43.8 Å². The van der Waals surface area contributed by atoms with Crippen LogP contribution in [0.2, 0.25) is 0 Å². The summed E-state index contributed by atoms with van der Waals surface area (Å²) in [5, 5.41) is 24.6. The van der Waals surface area contributed by atoms with Gasteiger partial charge in [-0.3, -0.25) is 28.8 Å². The Balaban J connectivity index is 5.65. The fraction of sp³-hybridized carbons (Fsp3) is 0.650. The van der Waals surface area contributed by atoms with Crippen molar-refractivity contribution in [2.24, 2.45) is 23.1 Å². The molecule has 4 atom stereocenters. The lowest BCUT2D eigenvalue weighted by molar-refractivity contribution is -0.147. The SMILES string of the molecule is CC(C)CC(N)C(=O)NC(CCC(N)=O)C(=O)NC(CCC(N)=O)C(=O)NC(CC(=O)O)C(=O)O. The average molecular weight is 503 g/mol. The van der Waals surface area contributed by atoms with E-state index in [0.717, 1.165) is 0 Å². The molecule has 0 spiro atoms. The number of nitrogens with one attached hydrogen (secondary N) is 3. The molecule has 0 saturated heterocycles. The van der Waals surface area contributed by atoms with Crippen LogP contribution in [0.15, 0.2) is 0 Å². The van der Waals surface area contributed by atoms with Crippen LogP contribution in [-0.4, -0.2) is 75.9 Å². The molecular formula is C20H34N6O9. The number of amides is 5. The number of nitrogens with two attached hydrogens (primary N) is 3. The summed E-state index contributed by atoms with van der Waals surface area (Å²) in [5.74, 6) is -7.36. The van der Waals surface area contributed by atoms with Crippen LogP contribution in [0.25, 0.3) is 0 Å². The lowest BCUT2D eigenvalue weighted by Crippen LogP contribution is -2.57. The first-order chi connectivity index (χ1) is 16.1. The summed E-state index contributed by atoms with van der Waals surface area (Å²) in [6.45, 7) is 3.67. The largest absolute Gasteiger partial charge is 0.481 e. The van der Waals surface area contributed by atoms with Crippen molar-refractivity contribution in [3.63, 3.8) is 0 Å². The Labute approximate surface area is 201 Å². The first-order valence-electron chi connectivity index (χ1n) is 10.8. The van der Waals surface area contributed by atoms with Crippen molar-refractivity contribution in [2.75, 3.05) is 0 Å². The van der Waals surface area contributed by atoms with E-state index in [1.165, 1.54) is 0 Å². The second kappa shape index (κ2) is 15.2. The fourth-order valence-corrected chi connectivity index (χ4v) is 2.92. The van der Waals surface area contributed by atoms with Gasteiger partial charge in [-0.05, 0) is 25.2 Å². The van der Waals surface area contributed by atoms with Gasteiger partial charge >= 0.3 is 11.9 Å².